The van der Waals surface area contributed by atoms with Gasteiger partial charge in [-0.2, -0.15) is 70.2 Å². The molecule has 0 aromatic heterocycles. The Morgan fingerprint density at radius 2 is 0.533 bits per heavy atom. The van der Waals surface area contributed by atoms with E-state index in [-0.39, 0.29) is 0 Å². The second kappa shape index (κ2) is 22.6. The molecule has 0 rings (SSSR count). The molecule has 0 spiro atoms. The van der Waals surface area contributed by atoms with Crippen molar-refractivity contribution in [2.24, 2.45) is 0 Å². The lowest BCUT2D eigenvalue weighted by atomic mass is 10.3. The van der Waals surface area contributed by atoms with Crippen LogP contribution in [0.15, 0.2) is 0 Å². The molecule has 0 aliphatic carbocycles. The van der Waals surface area contributed by atoms with Crippen LogP contribution in [0.1, 0.15) is 12.8 Å². The Bertz CT molecular complexity index is 1240. The van der Waals surface area contributed by atoms with Crippen LogP contribution < -0.4 is 0 Å². The fraction of sp³-hybridized carbons (Fsp3) is 1.00. The Morgan fingerprint density at radius 3 is 0.783 bits per heavy atom. The van der Waals surface area contributed by atoms with Crippen LogP contribution in [-0.4, -0.2) is 171 Å². The van der Waals surface area contributed by atoms with Crippen LogP contribution in [0.3, 0.4) is 0 Å². The Balaban J connectivity index is 5.07. The molecule has 0 aromatic rings. The van der Waals surface area contributed by atoms with Crippen molar-refractivity contribution in [1.82, 2.24) is 0 Å². The summed E-state index contributed by atoms with van der Waals surface area (Å²) in [4.78, 5) is 0. The van der Waals surface area contributed by atoms with Gasteiger partial charge in [0.1, 0.15) is 32.5 Å². The molecule has 362 valence electrons. The predicted molar refractivity (Wildman–Crippen MR) is 141 cm³/mol. The molecule has 3 atom stereocenters. The lowest BCUT2D eigenvalue weighted by Gasteiger charge is -2.32. The van der Waals surface area contributed by atoms with Crippen LogP contribution in [0.5, 0.6) is 0 Å². The van der Waals surface area contributed by atoms with Crippen molar-refractivity contribution in [3.05, 3.63) is 0 Å². The second-order valence-electron chi connectivity index (χ2n) is 11.2. The maximum absolute atomic E-state index is 13.7. The first-order valence-corrected chi connectivity index (χ1v) is 15.3. The maximum Gasteiger partial charge on any atom is 0.495 e. The summed E-state index contributed by atoms with van der Waals surface area (Å²) in [5.41, 5.74) is 0. The topological polar surface area (TPSA) is 193 Å². The molecule has 0 bridgehead atoms. The Hall–Kier alpha value is -2.00. The van der Waals surface area contributed by atoms with Crippen LogP contribution in [0.2, 0.25) is 0 Å². The highest BCUT2D eigenvalue weighted by Gasteiger charge is 2.70. The number of aliphatic hydroxyl groups is 5. The highest BCUT2D eigenvalue weighted by Crippen LogP contribution is 2.46. The van der Waals surface area contributed by atoms with Gasteiger partial charge in [-0.1, -0.05) is 0 Å². The van der Waals surface area contributed by atoms with Gasteiger partial charge in [-0.15, -0.1) is 17.6 Å². The fourth-order valence-corrected chi connectivity index (χ4v) is 3.19. The van der Waals surface area contributed by atoms with Crippen LogP contribution in [0.25, 0.3) is 0 Å². The Kier molecular flexibility index (Phi) is 21.8. The van der Waals surface area contributed by atoms with Crippen molar-refractivity contribution in [3.8, 4) is 0 Å². The molecule has 5 N–H and O–H groups in total. The number of hydrogen-bond acceptors (Lipinski definition) is 15. The summed E-state index contributed by atoms with van der Waals surface area (Å²) in [6.07, 6.45) is -69.6. The summed E-state index contributed by atoms with van der Waals surface area (Å²) < 4.78 is 301. The molecule has 0 saturated carbocycles. The zero-order valence-corrected chi connectivity index (χ0v) is 29.1. The minimum Gasteiger partial charge on any atom is -0.396 e. The molecule has 35 heteroatoms. The predicted octanol–water partition coefficient (Wildman–Crippen LogP) is 3.84. The van der Waals surface area contributed by atoms with Gasteiger partial charge in [0.2, 0.25) is 0 Å². The van der Waals surface area contributed by atoms with E-state index in [9.17, 15) is 92.9 Å². The molecule has 60 heavy (non-hydrogen) atoms. The molecule has 0 fully saturated rings. The van der Waals surface area contributed by atoms with Crippen LogP contribution >= 0.6 is 0 Å². The van der Waals surface area contributed by atoms with Crippen molar-refractivity contribution in [2.45, 2.75) is 92.6 Å². The quantitative estimate of drug-likeness (QED) is 0.0462. The van der Waals surface area contributed by atoms with E-state index in [1.165, 1.54) is 0 Å². The van der Waals surface area contributed by atoms with E-state index in [2.05, 4.69) is 47.4 Å². The van der Waals surface area contributed by atoms with Gasteiger partial charge in [0.15, 0.2) is 0 Å². The summed E-state index contributed by atoms with van der Waals surface area (Å²) in [5.74, 6) is 0. The lowest BCUT2D eigenvalue weighted by Crippen LogP contribution is -2.54. The number of hydrogen-bond donors (Lipinski definition) is 5. The third-order valence-corrected chi connectivity index (χ3v) is 5.51. The maximum atomic E-state index is 13.7. The first kappa shape index (κ1) is 58.0. The molecule has 0 heterocycles. The number of halogens is 20. The smallest absolute Gasteiger partial charge is 0.396 e. The molecule has 0 saturated heterocycles. The minimum absolute atomic E-state index is 0.483. The van der Waals surface area contributed by atoms with Crippen LogP contribution in [0.4, 0.5) is 87.8 Å². The molecule has 15 nitrogen and oxygen atoms in total. The SMILES string of the molecule is OCCC(O)COCC(F)(F)OC(F)(F)OC(F)(F)C(F)(F)OC(F)(F)COCC(O)COCC(F)(F)OC(F)(F)OC(F)(F)C(F)(F)OC(F)(F)COCC(O)CCO. The number of rotatable bonds is 34. The van der Waals surface area contributed by atoms with Gasteiger partial charge in [0.05, 0.1) is 38.6 Å². The fourth-order valence-electron chi connectivity index (χ4n) is 3.19. The molecule has 0 aliphatic rings. The third kappa shape index (κ3) is 22.9. The van der Waals surface area contributed by atoms with Gasteiger partial charge in [0.25, 0.3) is 0 Å². The molecular weight excluding hydrogens is 920 g/mol. The van der Waals surface area contributed by atoms with Crippen LogP contribution in [-0.2, 0) is 47.4 Å². The molecular formula is C25H32F20O15. The van der Waals surface area contributed by atoms with Gasteiger partial charge >= 0.3 is 61.5 Å². The van der Waals surface area contributed by atoms with E-state index >= 15 is 0 Å². The largest absolute Gasteiger partial charge is 0.495 e. The lowest BCUT2D eigenvalue weighted by molar-refractivity contribution is -0.567. The standard InChI is InChI=1S/C25H32F20O15/c26-16(27,9-51-5-13(48)1-3-46)55-20(34,35)22(38,39)60-25(44,45)58-19(32,33)12-54-8-15(50)7-53-10-17(28,29)56-21(36,37)23(40,41)59-24(42,43)57-18(30,31)11-52-6-14(49)2-4-47/h13-15,46-50H,1-12H2. The first-order valence-electron chi connectivity index (χ1n) is 15.3. The minimum atomic E-state index is -6.96. The Morgan fingerprint density at radius 1 is 0.317 bits per heavy atom. The number of aliphatic hydroxyl groups excluding tert-OH is 5. The highest BCUT2D eigenvalue weighted by atomic mass is 19.4. The molecule has 0 amide bonds. The average molecular weight is 952 g/mol. The van der Waals surface area contributed by atoms with Gasteiger partial charge in [0, 0.05) is 13.2 Å². The second-order valence-corrected chi connectivity index (χ2v) is 11.2. The first-order chi connectivity index (χ1) is 26.8. The van der Waals surface area contributed by atoms with Crippen molar-refractivity contribution < 1.29 is 161 Å². The zero-order valence-electron chi connectivity index (χ0n) is 29.1. The molecule has 0 aliphatic heterocycles. The van der Waals surface area contributed by atoms with Crippen LogP contribution in [0, 0.1) is 0 Å². The zero-order chi connectivity index (χ0) is 47.3. The summed E-state index contributed by atoms with van der Waals surface area (Å²) >= 11 is 0. The highest BCUT2D eigenvalue weighted by molar-refractivity contribution is 4.73. The monoisotopic (exact) mass is 952 g/mol. The van der Waals surface area contributed by atoms with Crippen molar-refractivity contribution >= 4 is 0 Å². The van der Waals surface area contributed by atoms with Gasteiger partial charge in [-0.25, -0.2) is 28.4 Å². The van der Waals surface area contributed by atoms with Crippen molar-refractivity contribution in [1.29, 1.82) is 0 Å². The van der Waals surface area contributed by atoms with Crippen molar-refractivity contribution in [3.63, 3.8) is 0 Å². The third-order valence-electron chi connectivity index (χ3n) is 5.51. The summed E-state index contributed by atoms with van der Waals surface area (Å²) in [6, 6.07) is 0. The van der Waals surface area contributed by atoms with Gasteiger partial charge < -0.3 is 44.5 Å². The molecule has 0 radical (unpaired) electrons. The Labute approximate surface area is 320 Å². The summed E-state index contributed by atoms with van der Waals surface area (Å²) in [7, 11) is 0. The van der Waals surface area contributed by atoms with Gasteiger partial charge in [-0.3, -0.25) is 0 Å². The van der Waals surface area contributed by atoms with Crippen molar-refractivity contribution in [2.75, 3.05) is 66.1 Å². The molecule has 3 unspecified atom stereocenters. The molecule has 0 aromatic carbocycles. The van der Waals surface area contributed by atoms with E-state index in [0.717, 1.165) is 0 Å². The van der Waals surface area contributed by atoms with E-state index in [1.807, 2.05) is 0 Å². The van der Waals surface area contributed by atoms with E-state index in [1.54, 1.807) is 0 Å². The number of alkyl halides is 20. The summed E-state index contributed by atoms with van der Waals surface area (Å²) in [5, 5.41) is 44.7. The van der Waals surface area contributed by atoms with Gasteiger partial charge in [-0.05, 0) is 12.8 Å². The summed E-state index contributed by atoms with van der Waals surface area (Å²) in [6.45, 7) is -17.0. The van der Waals surface area contributed by atoms with E-state index in [0.29, 0.717) is 0 Å². The normalized spacial score (nSPS) is 16.4. The van der Waals surface area contributed by atoms with E-state index in [4.69, 9.17) is 20.4 Å². The number of ether oxygens (including phenoxy) is 10. The average Bonchev–Trinajstić information content (AvgIpc) is 2.97. The van der Waals surface area contributed by atoms with E-state index < -0.39 is 159 Å².